The van der Waals surface area contributed by atoms with Gasteiger partial charge in [-0.05, 0) is 42.0 Å². The Labute approximate surface area is 145 Å². The SMILES string of the molecule is COc1ccc(OB(F)F)c(C(=O)C=Cc2ccc(N(C)C)cc2)c1. The van der Waals surface area contributed by atoms with E-state index in [-0.39, 0.29) is 11.3 Å². The number of hydrogen-bond donors (Lipinski definition) is 0. The molecule has 130 valence electrons. The maximum atomic E-state index is 12.5. The molecule has 7 heteroatoms. The maximum absolute atomic E-state index is 12.5. The third kappa shape index (κ3) is 5.07. The largest absolute Gasteiger partial charge is 0.796 e. The van der Waals surface area contributed by atoms with Crippen molar-refractivity contribution in [3.8, 4) is 11.5 Å². The van der Waals surface area contributed by atoms with E-state index in [1.165, 1.54) is 31.4 Å². The van der Waals surface area contributed by atoms with Crippen LogP contribution in [0.2, 0.25) is 0 Å². The fourth-order valence-electron chi connectivity index (χ4n) is 2.17. The zero-order chi connectivity index (χ0) is 18.4. The number of ether oxygens (including phenoxy) is 1. The molecule has 0 aliphatic heterocycles. The molecule has 0 atom stereocenters. The lowest BCUT2D eigenvalue weighted by molar-refractivity contribution is 0.104. The van der Waals surface area contributed by atoms with Crippen molar-refractivity contribution >= 4 is 25.0 Å². The number of benzene rings is 2. The first-order chi connectivity index (χ1) is 11.9. The third-order valence-electron chi connectivity index (χ3n) is 3.50. The van der Waals surface area contributed by atoms with E-state index in [1.807, 2.05) is 43.3 Å². The zero-order valence-corrected chi connectivity index (χ0v) is 14.2. The number of nitrogens with zero attached hydrogens (tertiary/aromatic N) is 1. The van der Waals surface area contributed by atoms with Crippen LogP contribution in [0.15, 0.2) is 48.5 Å². The average molecular weight is 345 g/mol. The normalized spacial score (nSPS) is 10.6. The molecule has 2 rings (SSSR count). The molecule has 25 heavy (non-hydrogen) atoms. The van der Waals surface area contributed by atoms with Crippen molar-refractivity contribution in [2.75, 3.05) is 26.1 Å². The zero-order valence-electron chi connectivity index (χ0n) is 14.2. The second-order valence-corrected chi connectivity index (χ2v) is 5.42. The monoisotopic (exact) mass is 345 g/mol. The highest BCUT2D eigenvalue weighted by Crippen LogP contribution is 2.26. The van der Waals surface area contributed by atoms with Gasteiger partial charge in [-0.1, -0.05) is 18.2 Å². The van der Waals surface area contributed by atoms with E-state index in [1.54, 1.807) is 6.08 Å². The van der Waals surface area contributed by atoms with Crippen molar-refractivity contribution in [1.82, 2.24) is 0 Å². The van der Waals surface area contributed by atoms with E-state index in [0.717, 1.165) is 11.3 Å². The number of anilines is 1. The van der Waals surface area contributed by atoms with Crippen molar-refractivity contribution < 1.29 is 22.8 Å². The van der Waals surface area contributed by atoms with Crippen molar-refractivity contribution in [1.29, 1.82) is 0 Å². The first-order valence-corrected chi connectivity index (χ1v) is 7.53. The molecule has 0 heterocycles. The molecule has 0 aromatic heterocycles. The van der Waals surface area contributed by atoms with E-state index in [0.29, 0.717) is 5.75 Å². The molecule has 0 aliphatic rings. The van der Waals surface area contributed by atoms with Crippen LogP contribution in [0.3, 0.4) is 0 Å². The second-order valence-electron chi connectivity index (χ2n) is 5.42. The molecule has 0 saturated carbocycles. The van der Waals surface area contributed by atoms with Gasteiger partial charge in [0.1, 0.15) is 11.5 Å². The van der Waals surface area contributed by atoms with Crippen LogP contribution in [-0.4, -0.2) is 34.5 Å². The number of allylic oxidation sites excluding steroid dienone is 1. The van der Waals surface area contributed by atoms with Gasteiger partial charge in [-0.2, -0.15) is 0 Å². The highest BCUT2D eigenvalue weighted by atomic mass is 19.2. The summed E-state index contributed by atoms with van der Waals surface area (Å²) in [5.74, 6) is -0.256. The molecule has 0 unspecified atom stereocenters. The van der Waals surface area contributed by atoms with Crippen molar-refractivity contribution in [3.63, 3.8) is 0 Å². The maximum Gasteiger partial charge on any atom is 0.796 e. The van der Waals surface area contributed by atoms with Gasteiger partial charge >= 0.3 is 7.47 Å². The van der Waals surface area contributed by atoms with Gasteiger partial charge in [-0.15, -0.1) is 0 Å². The first kappa shape index (κ1) is 18.5. The predicted octanol–water partition coefficient (Wildman–Crippen LogP) is 3.96. The molecule has 0 N–H and O–H groups in total. The Kier molecular flexibility index (Phi) is 6.17. The Balaban J connectivity index is 2.23. The van der Waals surface area contributed by atoms with Crippen LogP contribution in [0.5, 0.6) is 11.5 Å². The molecule has 0 radical (unpaired) electrons. The van der Waals surface area contributed by atoms with Gasteiger partial charge in [-0.3, -0.25) is 4.79 Å². The fourth-order valence-corrected chi connectivity index (χ4v) is 2.17. The predicted molar refractivity (Wildman–Crippen MR) is 95.7 cm³/mol. The fraction of sp³-hybridized carbons (Fsp3) is 0.167. The van der Waals surface area contributed by atoms with Crippen LogP contribution in [0.1, 0.15) is 15.9 Å². The highest BCUT2D eigenvalue weighted by molar-refractivity contribution is 6.35. The number of carbonyl (C=O) groups is 1. The Morgan fingerprint density at radius 1 is 1.12 bits per heavy atom. The number of rotatable bonds is 7. The van der Waals surface area contributed by atoms with E-state index in [2.05, 4.69) is 4.65 Å². The number of carbonyl (C=O) groups excluding carboxylic acids is 1. The summed E-state index contributed by atoms with van der Waals surface area (Å²) < 4.78 is 34.5. The number of methoxy groups -OCH3 is 1. The van der Waals surface area contributed by atoms with Crippen LogP contribution >= 0.6 is 0 Å². The summed E-state index contributed by atoms with van der Waals surface area (Å²) in [7, 11) is 2.28. The standard InChI is InChI=1S/C18H18BF2NO3/c1-22(2)14-7-4-13(5-8-14)6-10-17(23)16-12-15(24-3)9-11-18(16)25-19(20)21/h4-12H,1-3H3. The van der Waals surface area contributed by atoms with E-state index in [9.17, 15) is 13.4 Å². The Morgan fingerprint density at radius 3 is 2.36 bits per heavy atom. The van der Waals surface area contributed by atoms with E-state index in [4.69, 9.17) is 4.74 Å². The molecule has 2 aromatic carbocycles. The van der Waals surface area contributed by atoms with Gasteiger partial charge in [0.2, 0.25) is 0 Å². The van der Waals surface area contributed by atoms with E-state index < -0.39 is 13.3 Å². The summed E-state index contributed by atoms with van der Waals surface area (Å²) in [6, 6.07) is 11.7. The lowest BCUT2D eigenvalue weighted by Crippen LogP contribution is -2.11. The Bertz CT molecular complexity index is 761. The van der Waals surface area contributed by atoms with Crippen LogP contribution in [0.25, 0.3) is 6.08 Å². The number of halogens is 2. The summed E-state index contributed by atoms with van der Waals surface area (Å²) >= 11 is 0. The summed E-state index contributed by atoms with van der Waals surface area (Å²) in [5.41, 5.74) is 1.86. The molecule has 4 nitrogen and oxygen atoms in total. The van der Waals surface area contributed by atoms with Crippen molar-refractivity contribution in [2.24, 2.45) is 0 Å². The minimum absolute atomic E-state index is 0.0146. The molecule has 0 saturated heterocycles. The average Bonchev–Trinajstić information content (AvgIpc) is 2.59. The summed E-state index contributed by atoms with van der Waals surface area (Å²) in [6.07, 6.45) is 2.94. The summed E-state index contributed by atoms with van der Waals surface area (Å²) in [5, 5.41) is 0. The van der Waals surface area contributed by atoms with E-state index >= 15 is 0 Å². The van der Waals surface area contributed by atoms with Crippen molar-refractivity contribution in [3.05, 3.63) is 59.7 Å². The van der Waals surface area contributed by atoms with Crippen LogP contribution in [0, 0.1) is 0 Å². The molecule has 0 bridgehead atoms. The minimum atomic E-state index is -3.01. The van der Waals surface area contributed by atoms with Crippen LogP contribution < -0.4 is 14.3 Å². The lowest BCUT2D eigenvalue weighted by Gasteiger charge is -2.11. The molecular weight excluding hydrogens is 327 g/mol. The van der Waals surface area contributed by atoms with Gasteiger partial charge < -0.3 is 14.3 Å². The summed E-state index contributed by atoms with van der Waals surface area (Å²) in [4.78, 5) is 14.3. The highest BCUT2D eigenvalue weighted by Gasteiger charge is 2.21. The molecule has 0 fully saturated rings. The van der Waals surface area contributed by atoms with Crippen LogP contribution in [0.4, 0.5) is 14.3 Å². The molecule has 0 amide bonds. The topological polar surface area (TPSA) is 38.8 Å². The smallest absolute Gasteiger partial charge is 0.505 e. The molecule has 0 spiro atoms. The van der Waals surface area contributed by atoms with Crippen LogP contribution in [-0.2, 0) is 0 Å². The summed E-state index contributed by atoms with van der Waals surface area (Å²) in [6.45, 7) is 0. The Morgan fingerprint density at radius 2 is 1.80 bits per heavy atom. The number of ketones is 1. The minimum Gasteiger partial charge on any atom is -0.505 e. The second kappa shape index (κ2) is 8.33. The van der Waals surface area contributed by atoms with Gasteiger partial charge in [0.25, 0.3) is 0 Å². The van der Waals surface area contributed by atoms with Gasteiger partial charge in [0, 0.05) is 19.8 Å². The van der Waals surface area contributed by atoms with Gasteiger partial charge in [-0.25, -0.2) is 8.63 Å². The van der Waals surface area contributed by atoms with Gasteiger partial charge in [0.05, 0.1) is 12.7 Å². The van der Waals surface area contributed by atoms with Gasteiger partial charge in [0.15, 0.2) is 5.78 Å². The lowest BCUT2D eigenvalue weighted by atomic mass is 10.1. The quantitative estimate of drug-likeness (QED) is 0.433. The van der Waals surface area contributed by atoms with Crippen molar-refractivity contribution in [2.45, 2.75) is 0 Å². The molecular formula is C18H18BF2NO3. The number of hydrogen-bond acceptors (Lipinski definition) is 4. The molecule has 0 aliphatic carbocycles. The molecule has 2 aromatic rings. The third-order valence-corrected chi connectivity index (χ3v) is 3.50. The first-order valence-electron chi connectivity index (χ1n) is 7.53. The Hall–Kier alpha value is -2.83.